The molecule has 2 heterocycles. The lowest BCUT2D eigenvalue weighted by Crippen LogP contribution is -2.43. The van der Waals surface area contributed by atoms with Gasteiger partial charge in [0, 0.05) is 18.7 Å². The second-order valence-electron chi connectivity index (χ2n) is 10.3. The third-order valence-electron chi connectivity index (χ3n) is 7.60. The molecule has 234 valence electrons. The molecule has 0 N–H and O–H groups in total. The predicted molar refractivity (Wildman–Crippen MR) is 176 cm³/mol. The highest BCUT2D eigenvalue weighted by Gasteiger charge is 2.36. The lowest BCUT2D eigenvalue weighted by Gasteiger charge is -2.30. The van der Waals surface area contributed by atoms with E-state index in [0.29, 0.717) is 61.0 Å². The maximum Gasteiger partial charge on any atom is 0.271 e. The third-order valence-corrected chi connectivity index (χ3v) is 9.20. The molecule has 0 fully saturated rings. The molecule has 0 saturated heterocycles. The van der Waals surface area contributed by atoms with E-state index in [9.17, 15) is 14.0 Å². The summed E-state index contributed by atoms with van der Waals surface area (Å²) in [4.78, 5) is 35.1. The number of likely N-dealkylation sites (N-methyl/N-ethyl adjacent to an activating group) is 1. The number of hydrogen-bond donors (Lipinski definition) is 0. The molecule has 0 aliphatic carbocycles. The number of thiazole rings is 1. The molecule has 8 nitrogen and oxygen atoms in total. The topological polar surface area (TPSA) is 82.4 Å². The van der Waals surface area contributed by atoms with Crippen molar-refractivity contribution >= 4 is 39.2 Å². The number of benzene rings is 3. The van der Waals surface area contributed by atoms with Crippen LogP contribution in [0.15, 0.2) is 86.2 Å². The summed E-state index contributed by atoms with van der Waals surface area (Å²) in [6.45, 7) is 6.94. The van der Waals surface area contributed by atoms with Crippen molar-refractivity contribution in [1.82, 2.24) is 9.47 Å². The lowest BCUT2D eigenvalue weighted by molar-refractivity contribution is -0.127. The Balaban J connectivity index is 1.59. The summed E-state index contributed by atoms with van der Waals surface area (Å²) in [7, 11) is 3.12. The van der Waals surface area contributed by atoms with E-state index in [2.05, 4.69) is 15.9 Å². The molecule has 5 rings (SSSR count). The fourth-order valence-electron chi connectivity index (χ4n) is 5.24. The van der Waals surface area contributed by atoms with Crippen molar-refractivity contribution in [2.24, 2.45) is 4.99 Å². The normalized spacial score (nSPS) is 14.6. The van der Waals surface area contributed by atoms with E-state index >= 15 is 0 Å². The molecule has 0 unspecified atom stereocenters. The Bertz CT molecular complexity index is 1950. The van der Waals surface area contributed by atoms with Crippen LogP contribution in [0.1, 0.15) is 43.5 Å². The summed E-state index contributed by atoms with van der Waals surface area (Å²) < 4.78 is 33.1. The Morgan fingerprint density at radius 3 is 2.40 bits per heavy atom. The van der Waals surface area contributed by atoms with Gasteiger partial charge < -0.3 is 19.1 Å². The van der Waals surface area contributed by atoms with Gasteiger partial charge in [0.15, 0.2) is 4.80 Å². The Morgan fingerprint density at radius 2 is 1.76 bits per heavy atom. The van der Waals surface area contributed by atoms with Crippen LogP contribution in [0, 0.1) is 5.82 Å². The van der Waals surface area contributed by atoms with Gasteiger partial charge in [0.1, 0.15) is 35.7 Å². The summed E-state index contributed by atoms with van der Waals surface area (Å²) in [5, 5.41) is 0. The highest BCUT2D eigenvalue weighted by atomic mass is 79.9. The maximum absolute atomic E-state index is 14.2. The van der Waals surface area contributed by atoms with E-state index in [1.807, 2.05) is 32.0 Å². The summed E-state index contributed by atoms with van der Waals surface area (Å²) in [6.07, 6.45) is 1.80. The van der Waals surface area contributed by atoms with Crippen molar-refractivity contribution in [3.8, 4) is 17.2 Å². The Labute approximate surface area is 272 Å². The molecule has 45 heavy (non-hydrogen) atoms. The fourth-order valence-corrected chi connectivity index (χ4v) is 6.80. The average Bonchev–Trinajstić information content (AvgIpc) is 3.34. The number of amides is 1. The molecule has 1 aromatic heterocycles. The molecule has 11 heteroatoms. The molecule has 1 atom stereocenters. The van der Waals surface area contributed by atoms with Crippen LogP contribution in [-0.2, 0) is 11.4 Å². The van der Waals surface area contributed by atoms with Crippen molar-refractivity contribution in [3.05, 3.63) is 119 Å². The van der Waals surface area contributed by atoms with E-state index in [1.54, 1.807) is 67.0 Å². The summed E-state index contributed by atoms with van der Waals surface area (Å²) in [6, 6.07) is 16.2. The molecule has 1 amide bonds. The van der Waals surface area contributed by atoms with Crippen LogP contribution in [0.3, 0.4) is 0 Å². The lowest BCUT2D eigenvalue weighted by atomic mass is 9.93. The predicted octanol–water partition coefficient (Wildman–Crippen LogP) is 5.60. The molecule has 1 aliphatic rings. The number of rotatable bonds is 10. The number of halogens is 2. The zero-order valence-electron chi connectivity index (χ0n) is 25.6. The average molecular weight is 695 g/mol. The number of carbonyl (C=O) groups is 1. The first-order valence-corrected chi connectivity index (χ1v) is 16.0. The van der Waals surface area contributed by atoms with E-state index in [0.717, 1.165) is 11.1 Å². The summed E-state index contributed by atoms with van der Waals surface area (Å²) >= 11 is 4.83. The largest absolute Gasteiger partial charge is 0.497 e. The SMILES string of the molecule is CCN(CC)C(=O)C1=C(C)N=c2s/c(=C/c3ccc(OCc4ccc(F)cc4)c(Br)c3)c(=O)n2[C@@H]1c1cc(OC)ccc1OC. The van der Waals surface area contributed by atoms with Crippen LogP contribution in [0.4, 0.5) is 4.39 Å². The van der Waals surface area contributed by atoms with Crippen LogP contribution in [0.25, 0.3) is 6.08 Å². The number of allylic oxidation sites excluding steroid dienone is 1. The van der Waals surface area contributed by atoms with Gasteiger partial charge in [-0.1, -0.05) is 29.5 Å². The number of aromatic nitrogens is 1. The van der Waals surface area contributed by atoms with Crippen molar-refractivity contribution in [2.75, 3.05) is 27.3 Å². The molecule has 0 bridgehead atoms. The minimum absolute atomic E-state index is 0.189. The molecular weight excluding hydrogens is 661 g/mol. The van der Waals surface area contributed by atoms with Gasteiger partial charge >= 0.3 is 0 Å². The van der Waals surface area contributed by atoms with E-state index < -0.39 is 6.04 Å². The number of nitrogens with zero attached hydrogens (tertiary/aromatic N) is 3. The van der Waals surface area contributed by atoms with Gasteiger partial charge in [-0.15, -0.1) is 0 Å². The summed E-state index contributed by atoms with van der Waals surface area (Å²) in [5.41, 5.74) is 2.91. The highest BCUT2D eigenvalue weighted by molar-refractivity contribution is 9.10. The molecule has 0 saturated carbocycles. The van der Waals surface area contributed by atoms with E-state index in [-0.39, 0.29) is 23.9 Å². The molecule has 3 aromatic carbocycles. The van der Waals surface area contributed by atoms with Gasteiger partial charge in [0.2, 0.25) is 0 Å². The Kier molecular flexibility index (Phi) is 9.89. The smallest absolute Gasteiger partial charge is 0.271 e. The molecule has 0 radical (unpaired) electrons. The van der Waals surface area contributed by atoms with Gasteiger partial charge in [-0.05, 0) is 96.4 Å². The van der Waals surface area contributed by atoms with Gasteiger partial charge in [0.05, 0.1) is 34.5 Å². The van der Waals surface area contributed by atoms with Crippen LogP contribution in [0.2, 0.25) is 0 Å². The van der Waals surface area contributed by atoms with Crippen molar-refractivity contribution in [2.45, 2.75) is 33.4 Å². The van der Waals surface area contributed by atoms with Crippen LogP contribution >= 0.6 is 27.3 Å². The van der Waals surface area contributed by atoms with Gasteiger partial charge in [0.25, 0.3) is 11.5 Å². The fraction of sp³-hybridized carbons (Fsp3) is 0.265. The minimum Gasteiger partial charge on any atom is -0.497 e. The van der Waals surface area contributed by atoms with E-state index in [4.69, 9.17) is 19.2 Å². The number of carbonyl (C=O) groups excluding carboxylic acids is 1. The van der Waals surface area contributed by atoms with Crippen molar-refractivity contribution < 1.29 is 23.4 Å². The number of methoxy groups -OCH3 is 2. The molecule has 4 aromatic rings. The van der Waals surface area contributed by atoms with Crippen LogP contribution < -0.4 is 29.1 Å². The monoisotopic (exact) mass is 693 g/mol. The van der Waals surface area contributed by atoms with E-state index in [1.165, 1.54) is 23.5 Å². The number of hydrogen-bond acceptors (Lipinski definition) is 7. The van der Waals surface area contributed by atoms with Gasteiger partial charge in [-0.25, -0.2) is 9.38 Å². The van der Waals surface area contributed by atoms with Crippen LogP contribution in [-0.4, -0.2) is 42.7 Å². The molecule has 1 aliphatic heterocycles. The first kappa shape index (κ1) is 32.2. The Hall–Kier alpha value is -4.22. The quantitative estimate of drug-likeness (QED) is 0.216. The van der Waals surface area contributed by atoms with Crippen molar-refractivity contribution in [3.63, 3.8) is 0 Å². The Morgan fingerprint density at radius 1 is 1.04 bits per heavy atom. The number of fused-ring (bicyclic) bond motifs is 1. The van der Waals surface area contributed by atoms with Gasteiger partial charge in [-0.3, -0.25) is 14.2 Å². The standard InChI is InChI=1S/C34H33BrFN3O5S/c1-6-38(7-2)33(41)30-20(3)37-34-39(31(30)25-18-24(42-4)13-15-27(25)43-5)32(40)29(45-34)17-22-10-14-28(26(35)16-22)44-19-21-8-11-23(36)12-9-21/h8-18,31H,6-7,19H2,1-5H3/b29-17+/t31-/m1/s1. The second kappa shape index (κ2) is 13.8. The highest BCUT2D eigenvalue weighted by Crippen LogP contribution is 2.38. The molecular formula is C34H33BrFN3O5S. The summed E-state index contributed by atoms with van der Waals surface area (Å²) in [5.74, 6) is 1.22. The zero-order chi connectivity index (χ0) is 32.2. The first-order chi connectivity index (χ1) is 21.7. The van der Waals surface area contributed by atoms with Crippen LogP contribution in [0.5, 0.6) is 17.2 Å². The first-order valence-electron chi connectivity index (χ1n) is 14.4. The zero-order valence-corrected chi connectivity index (χ0v) is 28.0. The second-order valence-corrected chi connectivity index (χ2v) is 12.1. The maximum atomic E-state index is 14.2. The number of ether oxygens (including phenoxy) is 3. The van der Waals surface area contributed by atoms with Crippen molar-refractivity contribution in [1.29, 1.82) is 0 Å². The third kappa shape index (κ3) is 6.60. The van der Waals surface area contributed by atoms with Gasteiger partial charge in [-0.2, -0.15) is 0 Å². The molecule has 0 spiro atoms. The minimum atomic E-state index is -0.782.